The predicted octanol–water partition coefficient (Wildman–Crippen LogP) is 1.50. The fourth-order valence-corrected chi connectivity index (χ4v) is 2.08. The zero-order chi connectivity index (χ0) is 9.31. The Balaban J connectivity index is 1.80. The molecule has 2 nitrogen and oxygen atoms in total. The number of morpholine rings is 1. The van der Waals surface area contributed by atoms with Crippen LogP contribution in [0.25, 0.3) is 0 Å². The van der Waals surface area contributed by atoms with Gasteiger partial charge in [-0.15, -0.1) is 0 Å². The van der Waals surface area contributed by atoms with Crippen LogP contribution in [0.15, 0.2) is 0 Å². The summed E-state index contributed by atoms with van der Waals surface area (Å²) in [6.07, 6.45) is 2.75. The molecule has 0 spiro atoms. The van der Waals surface area contributed by atoms with Gasteiger partial charge in [0.1, 0.15) is 5.67 Å². The number of alkyl halides is 1. The molecule has 0 radical (unpaired) electrons. The van der Waals surface area contributed by atoms with Crippen LogP contribution in [0.5, 0.6) is 0 Å². The van der Waals surface area contributed by atoms with E-state index < -0.39 is 5.67 Å². The average Bonchev–Trinajstić information content (AvgIpc) is 2.87. The summed E-state index contributed by atoms with van der Waals surface area (Å²) in [6.45, 7) is 4.04. The number of nitrogens with one attached hydrogen (secondary N) is 1. The first-order chi connectivity index (χ1) is 6.18. The zero-order valence-corrected chi connectivity index (χ0v) is 8.18. The second-order valence-corrected chi connectivity index (χ2v) is 4.48. The van der Waals surface area contributed by atoms with Gasteiger partial charge in [-0.2, -0.15) is 0 Å². The Labute approximate surface area is 78.8 Å². The Morgan fingerprint density at radius 2 is 2.31 bits per heavy atom. The Morgan fingerprint density at radius 3 is 2.85 bits per heavy atom. The largest absolute Gasteiger partial charge is 0.379 e. The van der Waals surface area contributed by atoms with Crippen molar-refractivity contribution in [1.82, 2.24) is 5.32 Å². The summed E-state index contributed by atoms with van der Waals surface area (Å²) in [5.74, 6) is 0.316. The van der Waals surface area contributed by atoms with Gasteiger partial charge in [0.25, 0.3) is 0 Å². The Bertz CT molecular complexity index is 174. The molecule has 2 fully saturated rings. The maximum atomic E-state index is 14.0. The van der Waals surface area contributed by atoms with Gasteiger partial charge in [-0.05, 0) is 32.1 Å². The van der Waals surface area contributed by atoms with Crippen molar-refractivity contribution in [3.05, 3.63) is 0 Å². The van der Waals surface area contributed by atoms with E-state index in [9.17, 15) is 4.39 Å². The highest BCUT2D eigenvalue weighted by Crippen LogP contribution is 2.44. The maximum Gasteiger partial charge on any atom is 0.112 e. The van der Waals surface area contributed by atoms with Crippen LogP contribution in [0.1, 0.15) is 26.2 Å². The van der Waals surface area contributed by atoms with Crippen LogP contribution in [0, 0.1) is 5.92 Å². The number of halogens is 1. The fourth-order valence-electron chi connectivity index (χ4n) is 2.08. The third-order valence-electron chi connectivity index (χ3n) is 3.07. The molecule has 3 heteroatoms. The van der Waals surface area contributed by atoms with E-state index in [0.29, 0.717) is 18.9 Å². The third kappa shape index (κ3) is 2.41. The molecular formula is C10H18FNO. The minimum absolute atomic E-state index is 0.226. The topological polar surface area (TPSA) is 21.3 Å². The molecule has 13 heavy (non-hydrogen) atoms. The van der Waals surface area contributed by atoms with Gasteiger partial charge in [0.2, 0.25) is 0 Å². The molecule has 76 valence electrons. The number of hydrogen-bond acceptors (Lipinski definition) is 2. The summed E-state index contributed by atoms with van der Waals surface area (Å²) in [7, 11) is 0. The molecule has 1 saturated heterocycles. The van der Waals surface area contributed by atoms with Crippen molar-refractivity contribution in [1.29, 1.82) is 0 Å². The first-order valence-electron chi connectivity index (χ1n) is 5.18. The molecule has 0 aromatic rings. The minimum atomic E-state index is -0.974. The van der Waals surface area contributed by atoms with Crippen LogP contribution in [-0.4, -0.2) is 31.5 Å². The summed E-state index contributed by atoms with van der Waals surface area (Å²) in [6, 6.07) is 0.226. The van der Waals surface area contributed by atoms with E-state index >= 15 is 0 Å². The van der Waals surface area contributed by atoms with Crippen LogP contribution in [0.2, 0.25) is 0 Å². The van der Waals surface area contributed by atoms with Crippen molar-refractivity contribution < 1.29 is 9.13 Å². The van der Waals surface area contributed by atoms with Crippen molar-refractivity contribution in [3.63, 3.8) is 0 Å². The van der Waals surface area contributed by atoms with Crippen LogP contribution >= 0.6 is 0 Å². The highest BCUT2D eigenvalue weighted by atomic mass is 19.1. The van der Waals surface area contributed by atoms with Crippen LogP contribution in [-0.2, 0) is 4.74 Å². The molecule has 2 unspecified atom stereocenters. The highest BCUT2D eigenvalue weighted by molar-refractivity contribution is 4.94. The Hall–Kier alpha value is -0.150. The van der Waals surface area contributed by atoms with Gasteiger partial charge in [-0.1, -0.05) is 0 Å². The molecule has 0 aromatic carbocycles. The fraction of sp³-hybridized carbons (Fsp3) is 1.00. The lowest BCUT2D eigenvalue weighted by Gasteiger charge is -2.29. The van der Waals surface area contributed by atoms with Gasteiger partial charge in [0.05, 0.1) is 13.2 Å². The van der Waals surface area contributed by atoms with Crippen LogP contribution in [0.4, 0.5) is 4.39 Å². The van der Waals surface area contributed by atoms with E-state index in [2.05, 4.69) is 5.32 Å². The quantitative estimate of drug-likeness (QED) is 0.723. The van der Waals surface area contributed by atoms with E-state index in [1.807, 2.05) is 0 Å². The van der Waals surface area contributed by atoms with Gasteiger partial charge in [0, 0.05) is 12.6 Å². The lowest BCUT2D eigenvalue weighted by molar-refractivity contribution is 0.0417. The lowest BCUT2D eigenvalue weighted by atomic mass is 9.93. The van der Waals surface area contributed by atoms with Crippen molar-refractivity contribution in [2.75, 3.05) is 19.8 Å². The van der Waals surface area contributed by atoms with E-state index in [1.165, 1.54) is 0 Å². The van der Waals surface area contributed by atoms with Crippen molar-refractivity contribution in [2.24, 2.45) is 5.92 Å². The second kappa shape index (κ2) is 3.54. The summed E-state index contributed by atoms with van der Waals surface area (Å²) in [5.41, 5.74) is -0.974. The molecule has 1 saturated carbocycles. The van der Waals surface area contributed by atoms with E-state index in [4.69, 9.17) is 4.74 Å². The number of rotatable bonds is 3. The predicted molar refractivity (Wildman–Crippen MR) is 49.5 cm³/mol. The average molecular weight is 187 g/mol. The molecule has 0 amide bonds. The molecule has 1 aliphatic heterocycles. The molecule has 2 atom stereocenters. The molecule has 1 N–H and O–H groups in total. The van der Waals surface area contributed by atoms with E-state index in [-0.39, 0.29) is 6.04 Å². The van der Waals surface area contributed by atoms with Gasteiger partial charge in [-0.3, -0.25) is 0 Å². The zero-order valence-electron chi connectivity index (χ0n) is 8.18. The summed E-state index contributed by atoms with van der Waals surface area (Å²) < 4.78 is 19.3. The van der Waals surface area contributed by atoms with Gasteiger partial charge in [0.15, 0.2) is 0 Å². The Kier molecular flexibility index (Phi) is 2.56. The van der Waals surface area contributed by atoms with E-state index in [1.54, 1.807) is 6.92 Å². The molecular weight excluding hydrogens is 169 g/mol. The number of hydrogen-bond donors (Lipinski definition) is 1. The van der Waals surface area contributed by atoms with Crippen LogP contribution in [0.3, 0.4) is 0 Å². The van der Waals surface area contributed by atoms with Crippen LogP contribution < -0.4 is 5.32 Å². The molecule has 1 heterocycles. The molecule has 0 aromatic heterocycles. The Morgan fingerprint density at radius 1 is 1.54 bits per heavy atom. The minimum Gasteiger partial charge on any atom is -0.379 e. The van der Waals surface area contributed by atoms with Crippen molar-refractivity contribution >= 4 is 0 Å². The first-order valence-corrected chi connectivity index (χ1v) is 5.18. The highest BCUT2D eigenvalue weighted by Gasteiger charge is 2.43. The third-order valence-corrected chi connectivity index (χ3v) is 3.07. The SMILES string of the molecule is CC(F)(CC1COCCN1)C1CC1. The van der Waals surface area contributed by atoms with Gasteiger partial charge in [-0.25, -0.2) is 4.39 Å². The van der Waals surface area contributed by atoms with Crippen molar-refractivity contribution in [2.45, 2.75) is 37.9 Å². The number of ether oxygens (including phenoxy) is 1. The summed E-state index contributed by atoms with van der Waals surface area (Å²) in [5, 5.41) is 3.29. The van der Waals surface area contributed by atoms with E-state index in [0.717, 1.165) is 26.0 Å². The van der Waals surface area contributed by atoms with Crippen molar-refractivity contribution in [3.8, 4) is 0 Å². The first kappa shape index (κ1) is 9.41. The summed E-state index contributed by atoms with van der Waals surface area (Å²) >= 11 is 0. The molecule has 2 aliphatic rings. The maximum absolute atomic E-state index is 14.0. The van der Waals surface area contributed by atoms with Gasteiger partial charge < -0.3 is 10.1 Å². The normalized spacial score (nSPS) is 34.2. The van der Waals surface area contributed by atoms with Gasteiger partial charge >= 0.3 is 0 Å². The monoisotopic (exact) mass is 187 g/mol. The standard InChI is InChI=1S/C10H18FNO/c1-10(11,8-2-3-8)6-9-7-13-5-4-12-9/h8-9,12H,2-7H2,1H3. The molecule has 2 rings (SSSR count). The molecule has 1 aliphatic carbocycles. The summed E-state index contributed by atoms with van der Waals surface area (Å²) in [4.78, 5) is 0. The smallest absolute Gasteiger partial charge is 0.112 e. The lowest BCUT2D eigenvalue weighted by Crippen LogP contribution is -2.45. The molecule has 0 bridgehead atoms. The second-order valence-electron chi connectivity index (χ2n) is 4.48.